The van der Waals surface area contributed by atoms with Gasteiger partial charge in [0.25, 0.3) is 0 Å². The molecular weight excluding hydrogens is 196 g/mol. The molecule has 78 valence electrons. The van der Waals surface area contributed by atoms with Gasteiger partial charge in [0.1, 0.15) is 0 Å². The minimum Gasteiger partial charge on any atom is -0.193 e. The lowest BCUT2D eigenvalue weighted by molar-refractivity contribution is 1.53. The van der Waals surface area contributed by atoms with Crippen molar-refractivity contribution in [3.8, 4) is 12.1 Å². The van der Waals surface area contributed by atoms with Crippen LogP contribution < -0.4 is 0 Å². The number of benzene rings is 1. The molecule has 0 unspecified atom stereocenters. The summed E-state index contributed by atoms with van der Waals surface area (Å²) in [6.45, 7) is 3.12. The molecule has 1 aromatic carbocycles. The highest BCUT2D eigenvalue weighted by molar-refractivity contribution is 5.50. The Labute approximate surface area is 96.1 Å². The Kier molecular flexibility index (Phi) is 8.81. The summed E-state index contributed by atoms with van der Waals surface area (Å²) in [5.41, 5.74) is 1.14. The zero-order chi connectivity index (χ0) is 12.1. The molecule has 0 aromatic heterocycles. The van der Waals surface area contributed by atoms with E-state index in [1.807, 2.05) is 48.6 Å². The lowest BCUT2D eigenvalue weighted by Crippen LogP contribution is -1.66. The van der Waals surface area contributed by atoms with Crippen molar-refractivity contribution in [2.45, 2.75) is 0 Å². The van der Waals surface area contributed by atoms with Crippen LogP contribution in [0.4, 0.5) is 0 Å². The lowest BCUT2D eigenvalue weighted by atomic mass is 10.2. The maximum absolute atomic E-state index is 8.19. The van der Waals surface area contributed by atoms with Gasteiger partial charge in [0.2, 0.25) is 0 Å². The largest absolute Gasteiger partial charge is 0.193 e. The van der Waals surface area contributed by atoms with E-state index in [-0.39, 0.29) is 0 Å². The van der Waals surface area contributed by atoms with Crippen LogP contribution in [-0.4, -0.2) is 0 Å². The van der Waals surface area contributed by atoms with Crippen LogP contribution in [-0.2, 0) is 0 Å². The number of allylic oxidation sites excluding steroid dienone is 4. The van der Waals surface area contributed by atoms with Gasteiger partial charge in [0.15, 0.2) is 0 Å². The molecule has 16 heavy (non-hydrogen) atoms. The van der Waals surface area contributed by atoms with Crippen LogP contribution in [0.1, 0.15) is 5.56 Å². The van der Waals surface area contributed by atoms with E-state index < -0.39 is 0 Å². The van der Waals surface area contributed by atoms with Crippen molar-refractivity contribution >= 4 is 6.08 Å². The molecular formula is C14H12N2. The predicted molar refractivity (Wildman–Crippen MR) is 66.0 cm³/mol. The summed E-state index contributed by atoms with van der Waals surface area (Å²) in [7, 11) is 0. The Bertz CT molecular complexity index is 428. The van der Waals surface area contributed by atoms with Gasteiger partial charge in [-0.1, -0.05) is 55.1 Å². The molecule has 0 fully saturated rings. The van der Waals surface area contributed by atoms with Crippen molar-refractivity contribution < 1.29 is 0 Å². The molecule has 0 spiro atoms. The van der Waals surface area contributed by atoms with Crippen LogP contribution in [0.25, 0.3) is 6.08 Å². The van der Waals surface area contributed by atoms with Gasteiger partial charge >= 0.3 is 0 Å². The summed E-state index contributed by atoms with van der Waals surface area (Å²) in [4.78, 5) is 0. The fraction of sp³-hybridized carbons (Fsp3) is 0. The van der Waals surface area contributed by atoms with E-state index >= 15 is 0 Å². The summed E-state index contributed by atoms with van der Waals surface area (Å²) in [6, 6.07) is 13.6. The standard InChI is InChI=1S/C11H9N.C3H3N/c12-10-6-2-5-9-11-7-3-1-4-8-11;1-2-3-4/h1-9H;2H,1H2. The van der Waals surface area contributed by atoms with Gasteiger partial charge in [-0.05, 0) is 5.56 Å². The molecule has 0 atom stereocenters. The minimum absolute atomic E-state index is 1.14. The van der Waals surface area contributed by atoms with Crippen LogP contribution in [0, 0.1) is 22.7 Å². The van der Waals surface area contributed by atoms with Gasteiger partial charge in [-0.15, -0.1) is 0 Å². The first-order chi connectivity index (χ1) is 7.85. The Morgan fingerprint density at radius 1 is 1.00 bits per heavy atom. The lowest BCUT2D eigenvalue weighted by Gasteiger charge is -1.87. The summed E-state index contributed by atoms with van der Waals surface area (Å²) in [5.74, 6) is 0. The summed E-state index contributed by atoms with van der Waals surface area (Å²) in [5, 5.41) is 15.7. The molecule has 0 bridgehead atoms. The topological polar surface area (TPSA) is 47.6 Å². The van der Waals surface area contributed by atoms with Crippen molar-refractivity contribution in [2.24, 2.45) is 0 Å². The van der Waals surface area contributed by atoms with E-state index in [0.717, 1.165) is 5.56 Å². The van der Waals surface area contributed by atoms with Gasteiger partial charge in [-0.2, -0.15) is 10.5 Å². The van der Waals surface area contributed by atoms with E-state index in [9.17, 15) is 0 Å². The summed E-state index contributed by atoms with van der Waals surface area (Å²) in [6.07, 6.45) is 8.14. The summed E-state index contributed by atoms with van der Waals surface area (Å²) >= 11 is 0. The van der Waals surface area contributed by atoms with Crippen LogP contribution in [0.3, 0.4) is 0 Å². The van der Waals surface area contributed by atoms with Crippen LogP contribution in [0.15, 0.2) is 61.2 Å². The van der Waals surface area contributed by atoms with Crippen molar-refractivity contribution in [1.29, 1.82) is 10.5 Å². The molecule has 0 heterocycles. The van der Waals surface area contributed by atoms with Crippen LogP contribution in [0.5, 0.6) is 0 Å². The Hall–Kier alpha value is -2.58. The molecule has 0 saturated heterocycles. The first-order valence-electron chi connectivity index (χ1n) is 4.63. The molecule has 0 N–H and O–H groups in total. The highest BCUT2D eigenvalue weighted by Gasteiger charge is 1.78. The SMILES string of the molecule is C=CC#N.N#CC=CC=Cc1ccccc1. The van der Waals surface area contributed by atoms with E-state index in [4.69, 9.17) is 10.5 Å². The zero-order valence-electron chi connectivity index (χ0n) is 8.88. The van der Waals surface area contributed by atoms with Gasteiger partial charge in [0.05, 0.1) is 12.1 Å². The normalized spacial score (nSPS) is 8.88. The molecule has 1 aromatic rings. The molecule has 0 aliphatic rings. The van der Waals surface area contributed by atoms with Crippen molar-refractivity contribution in [3.05, 3.63) is 66.8 Å². The average molecular weight is 208 g/mol. The molecule has 0 amide bonds. The first kappa shape index (κ1) is 13.4. The molecule has 0 aliphatic heterocycles. The van der Waals surface area contributed by atoms with Crippen molar-refractivity contribution in [2.75, 3.05) is 0 Å². The number of hydrogen-bond acceptors (Lipinski definition) is 2. The van der Waals surface area contributed by atoms with Gasteiger partial charge in [-0.3, -0.25) is 0 Å². The number of nitriles is 2. The van der Waals surface area contributed by atoms with Crippen molar-refractivity contribution in [3.63, 3.8) is 0 Å². The summed E-state index contributed by atoms with van der Waals surface area (Å²) < 4.78 is 0. The highest BCUT2D eigenvalue weighted by atomic mass is 14.2. The fourth-order valence-electron chi connectivity index (χ4n) is 0.829. The maximum Gasteiger partial charge on any atom is 0.0912 e. The second-order valence-corrected chi connectivity index (χ2v) is 2.59. The third-order valence-electron chi connectivity index (χ3n) is 1.46. The van der Waals surface area contributed by atoms with E-state index in [0.29, 0.717) is 0 Å². The second-order valence-electron chi connectivity index (χ2n) is 2.59. The third kappa shape index (κ3) is 8.04. The van der Waals surface area contributed by atoms with E-state index in [1.54, 1.807) is 12.1 Å². The average Bonchev–Trinajstić information content (AvgIpc) is 2.36. The predicted octanol–water partition coefficient (Wildman–Crippen LogP) is 3.48. The monoisotopic (exact) mass is 208 g/mol. The molecule has 2 nitrogen and oxygen atoms in total. The van der Waals surface area contributed by atoms with Crippen LogP contribution in [0.2, 0.25) is 0 Å². The zero-order valence-corrected chi connectivity index (χ0v) is 8.88. The Morgan fingerprint density at radius 3 is 2.12 bits per heavy atom. The third-order valence-corrected chi connectivity index (χ3v) is 1.46. The Balaban J connectivity index is 0.000000487. The molecule has 2 heteroatoms. The quantitative estimate of drug-likeness (QED) is 0.551. The smallest absolute Gasteiger partial charge is 0.0912 e. The first-order valence-corrected chi connectivity index (χ1v) is 4.63. The molecule has 0 radical (unpaired) electrons. The van der Waals surface area contributed by atoms with E-state index in [1.165, 1.54) is 12.2 Å². The van der Waals surface area contributed by atoms with E-state index in [2.05, 4.69) is 6.58 Å². The van der Waals surface area contributed by atoms with Gasteiger partial charge in [-0.25, -0.2) is 0 Å². The maximum atomic E-state index is 8.19. The number of hydrogen-bond donors (Lipinski definition) is 0. The fourth-order valence-corrected chi connectivity index (χ4v) is 0.829. The number of rotatable bonds is 2. The molecule has 0 aliphatic carbocycles. The Morgan fingerprint density at radius 2 is 1.62 bits per heavy atom. The second kappa shape index (κ2) is 10.5. The van der Waals surface area contributed by atoms with Crippen LogP contribution >= 0.6 is 0 Å². The van der Waals surface area contributed by atoms with Gasteiger partial charge < -0.3 is 0 Å². The van der Waals surface area contributed by atoms with Gasteiger partial charge in [0, 0.05) is 12.2 Å². The molecule has 0 saturated carbocycles. The minimum atomic E-state index is 1.14. The number of nitrogens with zero attached hydrogens (tertiary/aromatic N) is 2. The highest BCUT2D eigenvalue weighted by Crippen LogP contribution is 2.00. The van der Waals surface area contributed by atoms with Crippen molar-refractivity contribution in [1.82, 2.24) is 0 Å². The molecule has 1 rings (SSSR count).